The Labute approximate surface area is 152 Å². The highest BCUT2D eigenvalue weighted by Gasteiger charge is 2.41. The average Bonchev–Trinajstić information content (AvgIpc) is 2.84. The highest BCUT2D eigenvalue weighted by Crippen LogP contribution is 2.29. The summed E-state index contributed by atoms with van der Waals surface area (Å²) in [4.78, 5) is 26.7. The molecule has 0 aliphatic carbocycles. The first-order chi connectivity index (χ1) is 12.1. The Morgan fingerprint density at radius 2 is 2.12 bits per heavy atom. The molecule has 0 aromatic heterocycles. The van der Waals surface area contributed by atoms with Crippen LogP contribution in [0.5, 0.6) is 0 Å². The number of urea groups is 1. The summed E-state index contributed by atoms with van der Waals surface area (Å²) in [6.45, 7) is 4.58. The molecule has 136 valence electrons. The molecule has 0 radical (unpaired) electrons. The van der Waals surface area contributed by atoms with Crippen LogP contribution in [0.25, 0.3) is 0 Å². The van der Waals surface area contributed by atoms with Gasteiger partial charge in [-0.1, -0.05) is 17.7 Å². The van der Waals surface area contributed by atoms with Crippen LogP contribution in [0, 0.1) is 6.92 Å². The van der Waals surface area contributed by atoms with Crippen LogP contribution in [0.1, 0.15) is 24.8 Å². The minimum absolute atomic E-state index is 0.0289. The van der Waals surface area contributed by atoms with E-state index in [1.165, 1.54) is 10.5 Å². The van der Waals surface area contributed by atoms with Gasteiger partial charge in [0.1, 0.15) is 5.60 Å². The van der Waals surface area contributed by atoms with E-state index in [2.05, 4.69) is 41.8 Å². The van der Waals surface area contributed by atoms with Crippen molar-refractivity contribution in [1.29, 1.82) is 0 Å². The Bertz CT molecular complexity index is 622. The van der Waals surface area contributed by atoms with E-state index in [0.717, 1.165) is 18.6 Å². The molecule has 7 heteroatoms. The summed E-state index contributed by atoms with van der Waals surface area (Å²) in [6, 6.07) is 8.37. The Morgan fingerprint density at radius 3 is 2.84 bits per heavy atom. The maximum atomic E-state index is 12.4. The van der Waals surface area contributed by atoms with Gasteiger partial charge >= 0.3 is 12.1 Å². The van der Waals surface area contributed by atoms with E-state index in [9.17, 15) is 9.59 Å². The molecule has 2 aliphatic heterocycles. The SMILES string of the molecule is Cc1ccc(SCCNC(=O)N2CCC[C@@]3(CC2)CNC(=O)O3)cc1. The number of carbonyl (C=O) groups is 2. The maximum absolute atomic E-state index is 12.4. The van der Waals surface area contributed by atoms with Crippen molar-refractivity contribution in [1.82, 2.24) is 15.5 Å². The van der Waals surface area contributed by atoms with Crippen molar-refractivity contribution in [3.05, 3.63) is 29.8 Å². The maximum Gasteiger partial charge on any atom is 0.407 e. The zero-order valence-electron chi connectivity index (χ0n) is 14.5. The molecule has 2 N–H and O–H groups in total. The van der Waals surface area contributed by atoms with E-state index >= 15 is 0 Å². The molecule has 3 rings (SSSR count). The molecule has 0 unspecified atom stereocenters. The molecule has 1 spiro atoms. The minimum atomic E-state index is -0.423. The van der Waals surface area contributed by atoms with Gasteiger partial charge in [0.15, 0.2) is 0 Å². The minimum Gasteiger partial charge on any atom is -0.441 e. The smallest absolute Gasteiger partial charge is 0.407 e. The molecule has 25 heavy (non-hydrogen) atoms. The topological polar surface area (TPSA) is 70.7 Å². The van der Waals surface area contributed by atoms with E-state index < -0.39 is 5.60 Å². The third-order valence-corrected chi connectivity index (χ3v) is 5.73. The van der Waals surface area contributed by atoms with Gasteiger partial charge in [-0.05, 0) is 31.9 Å². The molecule has 6 nitrogen and oxygen atoms in total. The largest absolute Gasteiger partial charge is 0.441 e. The van der Waals surface area contributed by atoms with E-state index in [0.29, 0.717) is 32.6 Å². The Balaban J connectivity index is 1.39. The molecular formula is C18H25N3O3S. The third kappa shape index (κ3) is 4.81. The summed E-state index contributed by atoms with van der Waals surface area (Å²) in [5.41, 5.74) is 0.827. The Kier molecular flexibility index (Phi) is 5.73. The highest BCUT2D eigenvalue weighted by atomic mass is 32.2. The lowest BCUT2D eigenvalue weighted by atomic mass is 9.95. The molecule has 2 heterocycles. The van der Waals surface area contributed by atoms with Gasteiger partial charge in [0.25, 0.3) is 0 Å². The second kappa shape index (κ2) is 7.99. The Morgan fingerprint density at radius 1 is 1.32 bits per heavy atom. The summed E-state index contributed by atoms with van der Waals surface area (Å²) in [5.74, 6) is 0.841. The van der Waals surface area contributed by atoms with Crippen LogP contribution in [0.3, 0.4) is 0 Å². The number of aryl methyl sites for hydroxylation is 1. The van der Waals surface area contributed by atoms with E-state index in [-0.39, 0.29) is 12.1 Å². The van der Waals surface area contributed by atoms with E-state index in [1.807, 2.05) is 4.90 Å². The van der Waals surface area contributed by atoms with Crippen LogP contribution in [-0.2, 0) is 4.74 Å². The van der Waals surface area contributed by atoms with Crippen molar-refractivity contribution in [2.45, 2.75) is 36.7 Å². The molecule has 2 aliphatic rings. The van der Waals surface area contributed by atoms with Crippen molar-refractivity contribution in [2.75, 3.05) is 31.9 Å². The molecule has 3 amide bonds. The number of amides is 3. The second-order valence-electron chi connectivity index (χ2n) is 6.66. The number of nitrogens with one attached hydrogen (secondary N) is 2. The molecule has 1 aromatic carbocycles. The predicted octanol–water partition coefficient (Wildman–Crippen LogP) is 2.76. The molecule has 0 saturated carbocycles. The molecule has 1 atom stereocenters. The van der Waals surface area contributed by atoms with Gasteiger partial charge in [0.2, 0.25) is 0 Å². The van der Waals surface area contributed by atoms with Crippen molar-refractivity contribution >= 4 is 23.9 Å². The number of nitrogens with zero attached hydrogens (tertiary/aromatic N) is 1. The number of hydrogen-bond acceptors (Lipinski definition) is 4. The van der Waals surface area contributed by atoms with Gasteiger partial charge in [-0.15, -0.1) is 11.8 Å². The van der Waals surface area contributed by atoms with Gasteiger partial charge in [-0.25, -0.2) is 9.59 Å². The summed E-state index contributed by atoms with van der Waals surface area (Å²) in [5, 5.41) is 5.72. The summed E-state index contributed by atoms with van der Waals surface area (Å²) < 4.78 is 5.44. The van der Waals surface area contributed by atoms with Crippen molar-refractivity contribution < 1.29 is 14.3 Å². The number of rotatable bonds is 4. The normalized spacial score (nSPS) is 23.1. The standard InChI is InChI=1S/C18H25N3O3S/c1-14-3-5-15(6-4-14)25-12-9-19-16(22)21-10-2-7-18(8-11-21)13-20-17(23)24-18/h3-6H,2,7-13H2,1H3,(H,19,22)(H,20,23)/t18-/m1/s1. The summed E-state index contributed by atoms with van der Waals surface area (Å²) in [6.07, 6.45) is 2.00. The van der Waals surface area contributed by atoms with Crippen LogP contribution < -0.4 is 10.6 Å². The molecule has 1 aromatic rings. The number of benzene rings is 1. The van der Waals surface area contributed by atoms with Gasteiger partial charge in [-0.2, -0.15) is 0 Å². The Hall–Kier alpha value is -1.89. The first-order valence-electron chi connectivity index (χ1n) is 8.75. The lowest BCUT2D eigenvalue weighted by molar-refractivity contribution is 0.0453. The van der Waals surface area contributed by atoms with Crippen molar-refractivity contribution in [3.63, 3.8) is 0 Å². The molecule has 2 saturated heterocycles. The number of ether oxygens (including phenoxy) is 1. The summed E-state index contributed by atoms with van der Waals surface area (Å²) in [7, 11) is 0. The molecule has 2 fully saturated rings. The number of carbonyl (C=O) groups excluding carboxylic acids is 2. The average molecular weight is 363 g/mol. The lowest BCUT2D eigenvalue weighted by Gasteiger charge is -2.25. The fraction of sp³-hybridized carbons (Fsp3) is 0.556. The molecular weight excluding hydrogens is 338 g/mol. The van der Waals surface area contributed by atoms with Gasteiger partial charge in [0.05, 0.1) is 6.54 Å². The van der Waals surface area contributed by atoms with Crippen LogP contribution in [0.15, 0.2) is 29.2 Å². The number of alkyl carbamates (subject to hydrolysis) is 1. The van der Waals surface area contributed by atoms with E-state index in [4.69, 9.17) is 4.74 Å². The van der Waals surface area contributed by atoms with Crippen LogP contribution in [0.2, 0.25) is 0 Å². The van der Waals surface area contributed by atoms with Crippen molar-refractivity contribution in [3.8, 4) is 0 Å². The van der Waals surface area contributed by atoms with E-state index in [1.54, 1.807) is 11.8 Å². The fourth-order valence-corrected chi connectivity index (χ4v) is 3.99. The molecule has 0 bridgehead atoms. The lowest BCUT2D eigenvalue weighted by Crippen LogP contribution is -2.42. The van der Waals surface area contributed by atoms with Gasteiger partial charge in [0, 0.05) is 36.7 Å². The monoisotopic (exact) mass is 363 g/mol. The first kappa shape index (κ1) is 17.9. The van der Waals surface area contributed by atoms with Gasteiger partial charge < -0.3 is 20.3 Å². The first-order valence-corrected chi connectivity index (χ1v) is 9.74. The van der Waals surface area contributed by atoms with Crippen molar-refractivity contribution in [2.24, 2.45) is 0 Å². The third-order valence-electron chi connectivity index (χ3n) is 4.72. The number of hydrogen-bond donors (Lipinski definition) is 2. The fourth-order valence-electron chi connectivity index (χ4n) is 3.22. The second-order valence-corrected chi connectivity index (χ2v) is 7.83. The number of likely N-dealkylation sites (tertiary alicyclic amines) is 1. The quantitative estimate of drug-likeness (QED) is 0.637. The van der Waals surface area contributed by atoms with Crippen LogP contribution in [-0.4, -0.2) is 54.6 Å². The highest BCUT2D eigenvalue weighted by molar-refractivity contribution is 7.99. The van der Waals surface area contributed by atoms with Gasteiger partial charge in [-0.3, -0.25) is 0 Å². The number of thioether (sulfide) groups is 1. The predicted molar refractivity (Wildman–Crippen MR) is 97.9 cm³/mol. The summed E-state index contributed by atoms with van der Waals surface area (Å²) >= 11 is 1.74. The van der Waals surface area contributed by atoms with Crippen LogP contribution in [0.4, 0.5) is 9.59 Å². The zero-order chi connectivity index (χ0) is 17.7. The van der Waals surface area contributed by atoms with Crippen LogP contribution >= 0.6 is 11.8 Å². The zero-order valence-corrected chi connectivity index (χ0v) is 15.4.